The number of ether oxygens (including phenoxy) is 1. The normalized spacial score (nSPS) is 10.5. The molecule has 1 N–H and O–H groups in total. The maximum absolute atomic E-state index is 13.4. The van der Waals surface area contributed by atoms with E-state index in [0.717, 1.165) is 13.2 Å². The van der Waals surface area contributed by atoms with Crippen molar-refractivity contribution in [2.75, 3.05) is 13.7 Å². The predicted octanol–water partition coefficient (Wildman–Crippen LogP) is 2.04. The summed E-state index contributed by atoms with van der Waals surface area (Å²) in [6.45, 7) is -0.138. The Morgan fingerprint density at radius 1 is 1.27 bits per heavy atom. The van der Waals surface area contributed by atoms with E-state index < -0.39 is 23.2 Å². The Bertz CT molecular complexity index is 353. The van der Waals surface area contributed by atoms with E-state index in [0.29, 0.717) is 0 Å². The minimum absolute atomic E-state index is 0.000185. The van der Waals surface area contributed by atoms with Gasteiger partial charge in [-0.2, -0.15) is 4.39 Å². The third kappa shape index (κ3) is 2.41. The van der Waals surface area contributed by atoms with E-state index in [-0.39, 0.29) is 25.0 Å². The molecule has 0 radical (unpaired) electrons. The Hall–Kier alpha value is -1.23. The fourth-order valence-corrected chi connectivity index (χ4v) is 1.26. The van der Waals surface area contributed by atoms with E-state index >= 15 is 0 Å². The highest BCUT2D eigenvalue weighted by molar-refractivity contribution is 5.33. The number of halogens is 3. The molecule has 0 fully saturated rings. The lowest BCUT2D eigenvalue weighted by atomic mass is 10.1. The van der Waals surface area contributed by atoms with Gasteiger partial charge in [0, 0.05) is 6.61 Å². The lowest BCUT2D eigenvalue weighted by molar-refractivity contribution is 0.287. The maximum atomic E-state index is 13.4. The summed E-state index contributed by atoms with van der Waals surface area (Å²) in [5.74, 6) is -4.11. The highest BCUT2D eigenvalue weighted by Crippen LogP contribution is 2.27. The first-order chi connectivity index (χ1) is 7.11. The monoisotopic (exact) mass is 220 g/mol. The van der Waals surface area contributed by atoms with E-state index in [1.807, 2.05) is 0 Å². The summed E-state index contributed by atoms with van der Waals surface area (Å²) < 4.78 is 43.8. The molecule has 0 atom stereocenters. The minimum atomic E-state index is -1.33. The van der Waals surface area contributed by atoms with E-state index in [2.05, 4.69) is 4.74 Å². The van der Waals surface area contributed by atoms with E-state index in [4.69, 9.17) is 5.11 Å². The van der Waals surface area contributed by atoms with Gasteiger partial charge in [0.15, 0.2) is 17.4 Å². The van der Waals surface area contributed by atoms with E-state index in [9.17, 15) is 13.2 Å². The number of hydrogen-bond acceptors (Lipinski definition) is 2. The van der Waals surface area contributed by atoms with Gasteiger partial charge in [-0.3, -0.25) is 0 Å². The minimum Gasteiger partial charge on any atom is -0.491 e. The van der Waals surface area contributed by atoms with Crippen LogP contribution in [0.2, 0.25) is 0 Å². The third-order valence-corrected chi connectivity index (χ3v) is 2.00. The Balaban J connectivity index is 3.12. The second kappa shape index (κ2) is 5.02. The molecule has 2 nitrogen and oxygen atoms in total. The zero-order chi connectivity index (χ0) is 11.4. The Labute approximate surface area is 85.3 Å². The van der Waals surface area contributed by atoms with Gasteiger partial charge < -0.3 is 9.84 Å². The van der Waals surface area contributed by atoms with Gasteiger partial charge in [-0.25, -0.2) is 8.78 Å². The summed E-state index contributed by atoms with van der Waals surface area (Å²) in [4.78, 5) is 0. The van der Waals surface area contributed by atoms with Crippen LogP contribution < -0.4 is 4.74 Å². The van der Waals surface area contributed by atoms with Gasteiger partial charge in [-0.1, -0.05) is 0 Å². The van der Waals surface area contributed by atoms with Crippen LogP contribution in [0.25, 0.3) is 0 Å². The smallest absolute Gasteiger partial charge is 0.203 e. The highest BCUT2D eigenvalue weighted by atomic mass is 19.2. The molecule has 0 aliphatic heterocycles. The molecule has 0 aromatic heterocycles. The van der Waals surface area contributed by atoms with Crippen molar-refractivity contribution >= 4 is 0 Å². The molecule has 1 aromatic carbocycles. The van der Waals surface area contributed by atoms with Crippen molar-refractivity contribution in [3.8, 4) is 5.75 Å². The van der Waals surface area contributed by atoms with Gasteiger partial charge in [-0.05, 0) is 24.5 Å². The molecule has 0 aliphatic carbocycles. The lowest BCUT2D eigenvalue weighted by Gasteiger charge is -2.08. The van der Waals surface area contributed by atoms with Crippen LogP contribution in [-0.2, 0) is 6.42 Å². The third-order valence-electron chi connectivity index (χ3n) is 2.00. The average Bonchev–Trinajstić information content (AvgIpc) is 2.22. The number of aliphatic hydroxyl groups excluding tert-OH is 1. The van der Waals surface area contributed by atoms with Crippen LogP contribution >= 0.6 is 0 Å². The number of aliphatic hydroxyl groups is 1. The molecule has 0 heterocycles. The maximum Gasteiger partial charge on any atom is 0.203 e. The fourth-order valence-electron chi connectivity index (χ4n) is 1.26. The number of methoxy groups -OCH3 is 1. The van der Waals surface area contributed by atoms with Crippen molar-refractivity contribution in [3.63, 3.8) is 0 Å². The Kier molecular flexibility index (Phi) is 3.96. The molecular formula is C10H11F3O2. The molecule has 0 amide bonds. The molecule has 1 rings (SSSR count). The van der Waals surface area contributed by atoms with Gasteiger partial charge in [0.1, 0.15) is 0 Å². The van der Waals surface area contributed by atoms with Crippen molar-refractivity contribution in [2.45, 2.75) is 12.8 Å². The van der Waals surface area contributed by atoms with Gasteiger partial charge in [-0.15, -0.1) is 0 Å². The predicted molar refractivity (Wildman–Crippen MR) is 48.3 cm³/mol. The van der Waals surface area contributed by atoms with Gasteiger partial charge in [0.2, 0.25) is 5.82 Å². The molecule has 84 valence electrons. The van der Waals surface area contributed by atoms with Crippen LogP contribution in [0.1, 0.15) is 12.0 Å². The first-order valence-electron chi connectivity index (χ1n) is 4.43. The van der Waals surface area contributed by atoms with Crippen LogP contribution in [0.5, 0.6) is 5.75 Å². The quantitative estimate of drug-likeness (QED) is 0.787. The number of aryl methyl sites for hydroxylation is 1. The van der Waals surface area contributed by atoms with Crippen LogP contribution in [0, 0.1) is 17.5 Å². The largest absolute Gasteiger partial charge is 0.491 e. The van der Waals surface area contributed by atoms with Crippen LogP contribution in [0.4, 0.5) is 13.2 Å². The summed E-state index contributed by atoms with van der Waals surface area (Å²) in [6.07, 6.45) is 0.418. The number of benzene rings is 1. The molecule has 0 spiro atoms. The summed E-state index contributed by atoms with van der Waals surface area (Å²) in [5.41, 5.74) is -0.000185. The molecule has 5 heteroatoms. The topological polar surface area (TPSA) is 29.5 Å². The molecular weight excluding hydrogens is 209 g/mol. The van der Waals surface area contributed by atoms with Crippen molar-refractivity contribution in [2.24, 2.45) is 0 Å². The highest BCUT2D eigenvalue weighted by Gasteiger charge is 2.18. The van der Waals surface area contributed by atoms with Crippen molar-refractivity contribution in [3.05, 3.63) is 29.1 Å². The molecule has 0 unspecified atom stereocenters. The summed E-state index contributed by atoms with van der Waals surface area (Å²) in [5, 5.41) is 8.55. The van der Waals surface area contributed by atoms with E-state index in [1.165, 1.54) is 0 Å². The number of rotatable bonds is 4. The van der Waals surface area contributed by atoms with Gasteiger partial charge >= 0.3 is 0 Å². The first kappa shape index (κ1) is 11.8. The Morgan fingerprint density at radius 3 is 2.47 bits per heavy atom. The molecule has 1 aromatic rings. The summed E-state index contributed by atoms with van der Waals surface area (Å²) >= 11 is 0. The molecule has 0 aliphatic rings. The zero-order valence-corrected chi connectivity index (χ0v) is 8.19. The second-order valence-corrected chi connectivity index (χ2v) is 3.01. The van der Waals surface area contributed by atoms with E-state index in [1.54, 1.807) is 0 Å². The fraction of sp³-hybridized carbons (Fsp3) is 0.400. The average molecular weight is 220 g/mol. The van der Waals surface area contributed by atoms with Crippen molar-refractivity contribution in [1.82, 2.24) is 0 Å². The van der Waals surface area contributed by atoms with Crippen LogP contribution in [-0.4, -0.2) is 18.8 Å². The summed E-state index contributed by atoms with van der Waals surface area (Å²) in [7, 11) is 1.07. The molecule has 0 saturated carbocycles. The SMILES string of the molecule is COc1c(F)c(F)cc(CCCO)c1F. The Morgan fingerprint density at radius 2 is 1.93 bits per heavy atom. The molecule has 0 saturated heterocycles. The molecule has 0 bridgehead atoms. The summed E-state index contributed by atoms with van der Waals surface area (Å²) in [6, 6.07) is 0.781. The standard InChI is InChI=1S/C10H11F3O2/c1-15-10-8(12)6(3-2-4-14)5-7(11)9(10)13/h5,14H,2-4H2,1H3. The van der Waals surface area contributed by atoms with Gasteiger partial charge in [0.25, 0.3) is 0 Å². The first-order valence-corrected chi connectivity index (χ1v) is 4.43. The lowest BCUT2D eigenvalue weighted by Crippen LogP contribution is -2.02. The van der Waals surface area contributed by atoms with Crippen molar-refractivity contribution in [1.29, 1.82) is 0 Å². The number of hydrogen-bond donors (Lipinski definition) is 1. The zero-order valence-electron chi connectivity index (χ0n) is 8.19. The van der Waals surface area contributed by atoms with Crippen LogP contribution in [0.15, 0.2) is 6.07 Å². The second-order valence-electron chi connectivity index (χ2n) is 3.01. The van der Waals surface area contributed by atoms with Crippen LogP contribution in [0.3, 0.4) is 0 Å². The van der Waals surface area contributed by atoms with Crippen molar-refractivity contribution < 1.29 is 23.0 Å². The molecule has 15 heavy (non-hydrogen) atoms. The van der Waals surface area contributed by atoms with Gasteiger partial charge in [0.05, 0.1) is 7.11 Å².